The van der Waals surface area contributed by atoms with Crippen LogP contribution >= 0.6 is 11.3 Å². The van der Waals surface area contributed by atoms with Crippen molar-refractivity contribution in [3.05, 3.63) is 44.4 Å². The van der Waals surface area contributed by atoms with Gasteiger partial charge in [0.05, 0.1) is 18.6 Å². The molecule has 0 fully saturated rings. The number of nitrogens with one attached hydrogen (secondary N) is 1. The number of esters is 1. The Balaban J connectivity index is 2.16. The van der Waals surface area contributed by atoms with Crippen LogP contribution in [0.15, 0.2) is 34.7 Å². The molecule has 5 heteroatoms. The molecule has 4 nitrogen and oxygen atoms in total. The number of dihydropyridines is 1. The highest BCUT2D eigenvalue weighted by Crippen LogP contribution is 2.44. The van der Waals surface area contributed by atoms with Crippen LogP contribution in [0, 0.1) is 0 Å². The van der Waals surface area contributed by atoms with Gasteiger partial charge in [0.2, 0.25) is 0 Å². The molecule has 1 aliphatic carbocycles. The van der Waals surface area contributed by atoms with Crippen LogP contribution < -0.4 is 5.32 Å². The van der Waals surface area contributed by atoms with Gasteiger partial charge in [-0.25, -0.2) is 4.79 Å². The molecule has 122 valence electrons. The predicted molar refractivity (Wildman–Crippen MR) is 90.2 cm³/mol. The molecule has 1 aliphatic heterocycles. The summed E-state index contributed by atoms with van der Waals surface area (Å²) < 4.78 is 4.99. The molecule has 1 atom stereocenters. The summed E-state index contributed by atoms with van der Waals surface area (Å²) in [6.07, 6.45) is 3.22. The summed E-state index contributed by atoms with van der Waals surface area (Å²) in [5, 5.41) is 3.28. The number of rotatable bonds is 3. The fourth-order valence-electron chi connectivity index (χ4n) is 3.39. The number of thiophene rings is 1. The van der Waals surface area contributed by atoms with Gasteiger partial charge >= 0.3 is 5.97 Å². The molecule has 1 aromatic heterocycles. The van der Waals surface area contributed by atoms with E-state index in [0.717, 1.165) is 41.1 Å². The standard InChI is InChI=1S/C18H21NO3S/c1-4-11-8-9-14(23-11)17-15(18(21)22-3)10(2)19-12-6-5-7-13(20)16(12)17/h8-9,17,19H,4-7H2,1-3H3/t17-/m0/s1. The largest absolute Gasteiger partial charge is 0.466 e. The summed E-state index contributed by atoms with van der Waals surface area (Å²) >= 11 is 1.67. The fourth-order valence-corrected chi connectivity index (χ4v) is 4.46. The third kappa shape index (κ3) is 2.74. The van der Waals surface area contributed by atoms with E-state index in [0.29, 0.717) is 12.0 Å². The molecule has 2 aliphatic rings. The number of aryl methyl sites for hydroxylation is 1. The average molecular weight is 331 g/mol. The van der Waals surface area contributed by atoms with E-state index < -0.39 is 0 Å². The number of hydrogen-bond donors (Lipinski definition) is 1. The third-order valence-electron chi connectivity index (χ3n) is 4.50. The van der Waals surface area contributed by atoms with E-state index in [1.54, 1.807) is 11.3 Å². The highest BCUT2D eigenvalue weighted by atomic mass is 32.1. The second kappa shape index (κ2) is 6.32. The normalized spacial score (nSPS) is 21.2. The molecule has 0 aromatic carbocycles. The Morgan fingerprint density at radius 3 is 2.83 bits per heavy atom. The summed E-state index contributed by atoms with van der Waals surface area (Å²) in [4.78, 5) is 27.3. The molecule has 0 unspecified atom stereocenters. The Labute approximate surface area is 140 Å². The average Bonchev–Trinajstić information content (AvgIpc) is 3.02. The third-order valence-corrected chi connectivity index (χ3v) is 5.79. The summed E-state index contributed by atoms with van der Waals surface area (Å²) in [6, 6.07) is 4.13. The van der Waals surface area contributed by atoms with Crippen LogP contribution in [0.5, 0.6) is 0 Å². The van der Waals surface area contributed by atoms with E-state index in [4.69, 9.17) is 4.74 Å². The molecule has 0 spiro atoms. The van der Waals surface area contributed by atoms with E-state index in [2.05, 4.69) is 18.3 Å². The van der Waals surface area contributed by atoms with Gasteiger partial charge in [-0.15, -0.1) is 11.3 Å². The number of ether oxygens (including phenoxy) is 1. The molecular formula is C18H21NO3S. The zero-order chi connectivity index (χ0) is 16.6. The maximum atomic E-state index is 12.6. The first kappa shape index (κ1) is 16.0. The fraction of sp³-hybridized carbons (Fsp3) is 0.444. The second-order valence-electron chi connectivity index (χ2n) is 5.91. The van der Waals surface area contributed by atoms with Crippen molar-refractivity contribution < 1.29 is 14.3 Å². The van der Waals surface area contributed by atoms with Crippen LogP contribution in [0.25, 0.3) is 0 Å². The van der Waals surface area contributed by atoms with Crippen LogP contribution in [0.4, 0.5) is 0 Å². The first-order valence-electron chi connectivity index (χ1n) is 7.97. The molecule has 0 amide bonds. The molecule has 0 radical (unpaired) electrons. The monoisotopic (exact) mass is 331 g/mol. The minimum absolute atomic E-state index is 0.143. The van der Waals surface area contributed by atoms with Gasteiger partial charge in [0, 0.05) is 33.1 Å². The summed E-state index contributed by atoms with van der Waals surface area (Å²) in [5.41, 5.74) is 3.09. The Bertz CT molecular complexity index is 726. The van der Waals surface area contributed by atoms with Crippen molar-refractivity contribution >= 4 is 23.1 Å². The molecule has 3 rings (SSSR count). The number of ketones is 1. The molecule has 0 saturated heterocycles. The SMILES string of the molecule is CCc1ccc([C@H]2C(C(=O)OC)=C(C)NC3=C2C(=O)CCC3)s1. The van der Waals surface area contributed by atoms with Crippen molar-refractivity contribution in [3.63, 3.8) is 0 Å². The molecule has 23 heavy (non-hydrogen) atoms. The van der Waals surface area contributed by atoms with Crippen LogP contribution in [0.2, 0.25) is 0 Å². The van der Waals surface area contributed by atoms with Crippen molar-refractivity contribution in [2.75, 3.05) is 7.11 Å². The Hall–Kier alpha value is -1.88. The van der Waals surface area contributed by atoms with Gasteiger partial charge in [0.15, 0.2) is 5.78 Å². The van der Waals surface area contributed by atoms with Gasteiger partial charge < -0.3 is 10.1 Å². The van der Waals surface area contributed by atoms with Crippen molar-refractivity contribution in [1.82, 2.24) is 5.32 Å². The number of allylic oxidation sites excluding steroid dienone is 3. The zero-order valence-corrected chi connectivity index (χ0v) is 14.5. The van der Waals surface area contributed by atoms with Crippen LogP contribution in [0.1, 0.15) is 48.8 Å². The number of carbonyl (C=O) groups is 2. The highest BCUT2D eigenvalue weighted by molar-refractivity contribution is 7.12. The van der Waals surface area contributed by atoms with E-state index in [1.165, 1.54) is 12.0 Å². The first-order chi connectivity index (χ1) is 11.1. The van der Waals surface area contributed by atoms with Crippen molar-refractivity contribution in [2.45, 2.75) is 45.4 Å². The quantitative estimate of drug-likeness (QED) is 0.862. The van der Waals surface area contributed by atoms with E-state index in [1.807, 2.05) is 13.0 Å². The van der Waals surface area contributed by atoms with Crippen LogP contribution in [-0.2, 0) is 20.7 Å². The Morgan fingerprint density at radius 2 is 2.17 bits per heavy atom. The van der Waals surface area contributed by atoms with Gasteiger partial charge in [-0.05, 0) is 38.3 Å². The number of hydrogen-bond acceptors (Lipinski definition) is 5. The summed E-state index contributed by atoms with van der Waals surface area (Å²) in [6.45, 7) is 3.99. The molecule has 0 saturated carbocycles. The number of carbonyl (C=O) groups excluding carboxylic acids is 2. The zero-order valence-electron chi connectivity index (χ0n) is 13.7. The minimum Gasteiger partial charge on any atom is -0.466 e. The highest BCUT2D eigenvalue weighted by Gasteiger charge is 2.39. The molecule has 0 bridgehead atoms. The number of Topliss-reactive ketones (excluding diaryl/α,β-unsaturated/α-hetero) is 1. The smallest absolute Gasteiger partial charge is 0.336 e. The van der Waals surface area contributed by atoms with Crippen molar-refractivity contribution in [2.24, 2.45) is 0 Å². The van der Waals surface area contributed by atoms with E-state index in [9.17, 15) is 9.59 Å². The van der Waals surface area contributed by atoms with Gasteiger partial charge in [0.1, 0.15) is 0 Å². The lowest BCUT2D eigenvalue weighted by Crippen LogP contribution is -2.33. The summed E-state index contributed by atoms with van der Waals surface area (Å²) in [5.74, 6) is -0.516. The van der Waals surface area contributed by atoms with Crippen molar-refractivity contribution in [1.29, 1.82) is 0 Å². The van der Waals surface area contributed by atoms with E-state index >= 15 is 0 Å². The minimum atomic E-state index is -0.364. The lowest BCUT2D eigenvalue weighted by Gasteiger charge is -2.33. The maximum absolute atomic E-state index is 12.6. The maximum Gasteiger partial charge on any atom is 0.336 e. The van der Waals surface area contributed by atoms with E-state index in [-0.39, 0.29) is 17.7 Å². The number of methoxy groups -OCH3 is 1. The molecule has 1 N–H and O–H groups in total. The van der Waals surface area contributed by atoms with Gasteiger partial charge in [-0.1, -0.05) is 6.92 Å². The molecular weight excluding hydrogens is 310 g/mol. The summed E-state index contributed by atoms with van der Waals surface area (Å²) in [7, 11) is 1.39. The van der Waals surface area contributed by atoms with Crippen LogP contribution in [0.3, 0.4) is 0 Å². The Morgan fingerprint density at radius 1 is 1.39 bits per heavy atom. The predicted octanol–water partition coefficient (Wildman–Crippen LogP) is 3.45. The first-order valence-corrected chi connectivity index (χ1v) is 8.79. The van der Waals surface area contributed by atoms with Crippen LogP contribution in [-0.4, -0.2) is 18.9 Å². The van der Waals surface area contributed by atoms with Crippen molar-refractivity contribution in [3.8, 4) is 0 Å². The molecule has 2 heterocycles. The van der Waals surface area contributed by atoms with Gasteiger partial charge in [-0.3, -0.25) is 4.79 Å². The lowest BCUT2D eigenvalue weighted by atomic mass is 9.78. The van der Waals surface area contributed by atoms with Gasteiger partial charge in [0.25, 0.3) is 0 Å². The lowest BCUT2D eigenvalue weighted by molar-refractivity contribution is -0.136. The van der Waals surface area contributed by atoms with Gasteiger partial charge in [-0.2, -0.15) is 0 Å². The topological polar surface area (TPSA) is 55.4 Å². The second-order valence-corrected chi connectivity index (χ2v) is 7.11. The molecule has 1 aromatic rings. The Kier molecular flexibility index (Phi) is 4.39.